The van der Waals surface area contributed by atoms with Gasteiger partial charge in [0.1, 0.15) is 0 Å². The Kier molecular flexibility index (Phi) is 3.60. The molecule has 2 atom stereocenters. The smallest absolute Gasteiger partial charge is 0.226 e. The van der Waals surface area contributed by atoms with Crippen LogP contribution in [0.5, 0.6) is 0 Å². The Labute approximate surface area is 110 Å². The summed E-state index contributed by atoms with van der Waals surface area (Å²) < 4.78 is 0. The third-order valence-electron chi connectivity index (χ3n) is 5.42. The fraction of sp³-hybridized carbons (Fsp3) is 0.933. The zero-order valence-corrected chi connectivity index (χ0v) is 11.5. The number of hydrogen-bond donors (Lipinski definition) is 1. The molecule has 0 aromatic heterocycles. The van der Waals surface area contributed by atoms with Gasteiger partial charge in [-0.25, -0.2) is 0 Å². The monoisotopic (exact) mass is 250 g/mol. The number of likely N-dealkylation sites (tertiary alicyclic amines) is 1. The summed E-state index contributed by atoms with van der Waals surface area (Å²) in [6, 6.07) is 0. The zero-order valence-electron chi connectivity index (χ0n) is 11.5. The van der Waals surface area contributed by atoms with E-state index in [1.807, 2.05) is 7.05 Å². The van der Waals surface area contributed by atoms with E-state index in [4.69, 9.17) is 0 Å². The molecule has 1 heterocycles. The highest BCUT2D eigenvalue weighted by Crippen LogP contribution is 2.58. The molecular weight excluding hydrogens is 224 g/mol. The lowest BCUT2D eigenvalue weighted by atomic mass is 9.93. The minimum atomic E-state index is 0.438. The summed E-state index contributed by atoms with van der Waals surface area (Å²) in [6.45, 7) is 3.15. The lowest BCUT2D eigenvalue weighted by molar-refractivity contribution is -0.134. The maximum absolute atomic E-state index is 12.4. The Hall–Kier alpha value is -0.570. The van der Waals surface area contributed by atoms with Gasteiger partial charge in [-0.2, -0.15) is 0 Å². The van der Waals surface area contributed by atoms with Crippen LogP contribution in [0.25, 0.3) is 0 Å². The van der Waals surface area contributed by atoms with Gasteiger partial charge in [-0.1, -0.05) is 6.42 Å². The molecule has 0 spiro atoms. The number of piperidine rings is 1. The Morgan fingerprint density at radius 2 is 1.83 bits per heavy atom. The lowest BCUT2D eigenvalue weighted by Gasteiger charge is -2.32. The second-order valence-corrected chi connectivity index (χ2v) is 6.45. The number of amides is 1. The van der Waals surface area contributed by atoms with Crippen molar-refractivity contribution in [1.29, 1.82) is 0 Å². The largest absolute Gasteiger partial charge is 0.342 e. The van der Waals surface area contributed by atoms with Crippen LogP contribution >= 0.6 is 0 Å². The molecule has 3 heteroatoms. The van der Waals surface area contributed by atoms with Crippen LogP contribution in [0.4, 0.5) is 0 Å². The van der Waals surface area contributed by atoms with Crippen molar-refractivity contribution in [3.63, 3.8) is 0 Å². The van der Waals surface area contributed by atoms with Gasteiger partial charge < -0.3 is 10.2 Å². The fourth-order valence-corrected chi connectivity index (χ4v) is 4.19. The van der Waals surface area contributed by atoms with Crippen molar-refractivity contribution >= 4 is 5.91 Å². The molecule has 3 nitrogen and oxygen atoms in total. The van der Waals surface area contributed by atoms with Crippen LogP contribution in [-0.2, 0) is 4.79 Å². The van der Waals surface area contributed by atoms with Gasteiger partial charge in [0.15, 0.2) is 0 Å². The fourth-order valence-electron chi connectivity index (χ4n) is 4.19. The van der Waals surface area contributed by atoms with Crippen molar-refractivity contribution in [3.8, 4) is 0 Å². The Morgan fingerprint density at radius 3 is 2.44 bits per heavy atom. The number of nitrogens with one attached hydrogen (secondary N) is 1. The van der Waals surface area contributed by atoms with Crippen molar-refractivity contribution < 1.29 is 4.79 Å². The summed E-state index contributed by atoms with van der Waals surface area (Å²) in [7, 11) is 2.02. The average Bonchev–Trinajstić information content (AvgIpc) is 2.88. The molecule has 1 saturated heterocycles. The van der Waals surface area contributed by atoms with Crippen molar-refractivity contribution in [2.75, 3.05) is 26.7 Å². The third kappa shape index (κ3) is 2.29. The highest BCUT2D eigenvalue weighted by Gasteiger charge is 2.57. The highest BCUT2D eigenvalue weighted by molar-refractivity contribution is 5.82. The summed E-state index contributed by atoms with van der Waals surface area (Å²) in [5.41, 5.74) is 0. The molecule has 2 saturated carbocycles. The van der Waals surface area contributed by atoms with Crippen molar-refractivity contribution in [1.82, 2.24) is 10.2 Å². The molecule has 2 aliphatic carbocycles. The summed E-state index contributed by atoms with van der Waals surface area (Å²) in [5, 5.41) is 3.22. The van der Waals surface area contributed by atoms with Crippen LogP contribution in [0, 0.1) is 23.7 Å². The van der Waals surface area contributed by atoms with Crippen LogP contribution in [0.1, 0.15) is 38.5 Å². The predicted molar refractivity (Wildman–Crippen MR) is 72.2 cm³/mol. The van der Waals surface area contributed by atoms with Crippen molar-refractivity contribution in [2.45, 2.75) is 38.5 Å². The van der Waals surface area contributed by atoms with Crippen LogP contribution in [0.15, 0.2) is 0 Å². The number of carbonyl (C=O) groups excluding carboxylic acids is 1. The molecule has 102 valence electrons. The van der Waals surface area contributed by atoms with Crippen LogP contribution in [0.2, 0.25) is 0 Å². The lowest BCUT2D eigenvalue weighted by Crippen LogP contribution is -2.40. The molecule has 3 fully saturated rings. The van der Waals surface area contributed by atoms with Crippen LogP contribution < -0.4 is 5.32 Å². The third-order valence-corrected chi connectivity index (χ3v) is 5.42. The number of hydrogen-bond acceptors (Lipinski definition) is 2. The highest BCUT2D eigenvalue weighted by atomic mass is 16.2. The molecule has 2 unspecified atom stereocenters. The summed E-state index contributed by atoms with van der Waals surface area (Å²) in [6.07, 6.45) is 7.71. The molecule has 0 bridgehead atoms. The van der Waals surface area contributed by atoms with Gasteiger partial charge in [0, 0.05) is 19.0 Å². The number of nitrogens with zero attached hydrogens (tertiary/aromatic N) is 1. The predicted octanol–water partition coefficient (Wildman–Crippen LogP) is 1.88. The van der Waals surface area contributed by atoms with Gasteiger partial charge >= 0.3 is 0 Å². The van der Waals surface area contributed by atoms with Crippen LogP contribution in [0.3, 0.4) is 0 Å². The van der Waals surface area contributed by atoms with Gasteiger partial charge in [0.2, 0.25) is 5.91 Å². The van der Waals surface area contributed by atoms with E-state index in [9.17, 15) is 4.79 Å². The van der Waals surface area contributed by atoms with E-state index < -0.39 is 0 Å². The molecule has 1 amide bonds. The van der Waals surface area contributed by atoms with E-state index >= 15 is 0 Å². The van der Waals surface area contributed by atoms with Crippen molar-refractivity contribution in [3.05, 3.63) is 0 Å². The SMILES string of the molecule is CNCCC1CCN(C(=O)C2C3CCCC32)CC1. The van der Waals surface area contributed by atoms with E-state index in [1.54, 1.807) is 0 Å². The van der Waals surface area contributed by atoms with E-state index in [0.29, 0.717) is 11.8 Å². The van der Waals surface area contributed by atoms with Crippen LogP contribution in [-0.4, -0.2) is 37.5 Å². The van der Waals surface area contributed by atoms with E-state index in [0.717, 1.165) is 37.4 Å². The van der Waals surface area contributed by atoms with Gasteiger partial charge in [0.25, 0.3) is 0 Å². The molecule has 3 aliphatic rings. The van der Waals surface area contributed by atoms with E-state index in [-0.39, 0.29) is 0 Å². The van der Waals surface area contributed by atoms with E-state index in [1.165, 1.54) is 38.5 Å². The standard InChI is InChI=1S/C15H26N2O/c1-16-8-5-11-6-9-17(10-7-11)15(18)14-12-3-2-4-13(12)14/h11-14,16H,2-10H2,1H3. The first-order chi connectivity index (χ1) is 8.81. The summed E-state index contributed by atoms with van der Waals surface area (Å²) in [5.74, 6) is 3.32. The maximum Gasteiger partial charge on any atom is 0.226 e. The summed E-state index contributed by atoms with van der Waals surface area (Å²) in [4.78, 5) is 14.6. The number of carbonyl (C=O) groups is 1. The minimum Gasteiger partial charge on any atom is -0.342 e. The van der Waals surface area contributed by atoms with E-state index in [2.05, 4.69) is 10.2 Å². The first-order valence-electron chi connectivity index (χ1n) is 7.74. The normalized spacial score (nSPS) is 35.6. The Bertz CT molecular complexity index is 300. The molecule has 0 radical (unpaired) electrons. The second kappa shape index (κ2) is 5.20. The molecule has 0 aromatic carbocycles. The Balaban J connectivity index is 1.44. The number of rotatable bonds is 4. The Morgan fingerprint density at radius 1 is 1.17 bits per heavy atom. The van der Waals surface area contributed by atoms with Gasteiger partial charge in [-0.15, -0.1) is 0 Å². The van der Waals surface area contributed by atoms with Gasteiger partial charge in [-0.05, 0) is 63.5 Å². The molecule has 0 aromatic rings. The first-order valence-corrected chi connectivity index (χ1v) is 7.74. The topological polar surface area (TPSA) is 32.3 Å². The molecule has 1 N–H and O–H groups in total. The second-order valence-electron chi connectivity index (χ2n) is 6.45. The van der Waals surface area contributed by atoms with Gasteiger partial charge in [-0.3, -0.25) is 4.79 Å². The number of fused-ring (bicyclic) bond motifs is 1. The molecule has 18 heavy (non-hydrogen) atoms. The minimum absolute atomic E-state index is 0.438. The average molecular weight is 250 g/mol. The summed E-state index contributed by atoms with van der Waals surface area (Å²) >= 11 is 0. The van der Waals surface area contributed by atoms with Crippen molar-refractivity contribution in [2.24, 2.45) is 23.7 Å². The quantitative estimate of drug-likeness (QED) is 0.826. The molecule has 3 rings (SSSR count). The maximum atomic E-state index is 12.4. The zero-order chi connectivity index (χ0) is 12.5. The molecular formula is C15H26N2O. The van der Waals surface area contributed by atoms with Gasteiger partial charge in [0.05, 0.1) is 0 Å². The molecule has 1 aliphatic heterocycles. The first kappa shape index (κ1) is 12.5.